The molecule has 1 aromatic rings. The Morgan fingerprint density at radius 2 is 2.17 bits per heavy atom. The second-order valence-corrected chi connectivity index (χ2v) is 5.35. The van der Waals surface area contributed by atoms with Gasteiger partial charge in [0.15, 0.2) is 0 Å². The summed E-state index contributed by atoms with van der Waals surface area (Å²) in [6.07, 6.45) is 2.65. The lowest BCUT2D eigenvalue weighted by molar-refractivity contribution is 0.150. The monoisotopic (exact) mass is 319 g/mol. The number of methoxy groups -OCH3 is 2. The zero-order valence-corrected chi connectivity index (χ0v) is 12.8. The van der Waals surface area contributed by atoms with Crippen molar-refractivity contribution in [3.05, 3.63) is 16.4 Å². The minimum Gasteiger partial charge on any atom is -0.384 e. The van der Waals surface area contributed by atoms with E-state index in [1.165, 1.54) is 0 Å². The molecule has 0 saturated heterocycles. The number of hydrogen-bond donors (Lipinski definition) is 1. The fraction of sp³-hybridized carbons (Fsp3) is 0.750. The molecule has 0 radical (unpaired) electrons. The van der Waals surface area contributed by atoms with Gasteiger partial charge in [-0.1, -0.05) is 6.92 Å². The fourth-order valence-electron chi connectivity index (χ4n) is 1.99. The number of nitrogens with two attached hydrogens (primary N) is 1. The Bertz CT molecular complexity index is 357. The van der Waals surface area contributed by atoms with E-state index in [-0.39, 0.29) is 6.04 Å². The minimum absolute atomic E-state index is 0.0520. The van der Waals surface area contributed by atoms with Crippen molar-refractivity contribution in [2.75, 3.05) is 27.4 Å². The smallest absolute Gasteiger partial charge is 0.0694 e. The van der Waals surface area contributed by atoms with Crippen LogP contribution >= 0.6 is 15.9 Å². The highest BCUT2D eigenvalue weighted by Gasteiger charge is 2.18. The number of nitrogens with zero attached hydrogens (tertiary/aromatic N) is 2. The second kappa shape index (κ2) is 7.89. The van der Waals surface area contributed by atoms with Gasteiger partial charge in [0, 0.05) is 26.9 Å². The van der Waals surface area contributed by atoms with Crippen molar-refractivity contribution in [3.63, 3.8) is 0 Å². The molecule has 0 fully saturated rings. The third kappa shape index (κ3) is 4.35. The zero-order valence-electron chi connectivity index (χ0n) is 11.2. The molecule has 0 aliphatic heterocycles. The summed E-state index contributed by atoms with van der Waals surface area (Å²) in [6.45, 7) is 4.19. The first-order valence-corrected chi connectivity index (χ1v) is 6.84. The first-order valence-electron chi connectivity index (χ1n) is 6.04. The van der Waals surface area contributed by atoms with Gasteiger partial charge in [0.1, 0.15) is 0 Å². The lowest BCUT2D eigenvalue weighted by atomic mass is 10.0. The summed E-state index contributed by atoms with van der Waals surface area (Å²) in [4.78, 5) is 0. The van der Waals surface area contributed by atoms with Crippen LogP contribution in [0.2, 0.25) is 0 Å². The molecule has 0 aromatic carbocycles. The molecule has 1 rings (SSSR count). The molecular formula is C12H22BrN3O2. The molecule has 18 heavy (non-hydrogen) atoms. The molecule has 1 aromatic heterocycles. The Morgan fingerprint density at radius 3 is 2.78 bits per heavy atom. The predicted molar refractivity (Wildman–Crippen MR) is 74.4 cm³/mol. The Kier molecular flexibility index (Phi) is 6.85. The van der Waals surface area contributed by atoms with Crippen LogP contribution in [-0.4, -0.2) is 37.2 Å². The molecule has 1 heterocycles. The van der Waals surface area contributed by atoms with Crippen LogP contribution in [0.4, 0.5) is 0 Å². The van der Waals surface area contributed by atoms with Gasteiger partial charge < -0.3 is 15.2 Å². The maximum absolute atomic E-state index is 6.26. The summed E-state index contributed by atoms with van der Waals surface area (Å²) < 4.78 is 13.1. The maximum atomic E-state index is 6.26. The van der Waals surface area contributed by atoms with Gasteiger partial charge in [0.25, 0.3) is 0 Å². The number of halogens is 1. The quantitative estimate of drug-likeness (QED) is 0.795. The first-order chi connectivity index (χ1) is 8.60. The van der Waals surface area contributed by atoms with Gasteiger partial charge >= 0.3 is 0 Å². The Hall–Kier alpha value is -0.430. The van der Waals surface area contributed by atoms with Gasteiger partial charge in [-0.15, -0.1) is 0 Å². The van der Waals surface area contributed by atoms with Crippen LogP contribution in [0.25, 0.3) is 0 Å². The lowest BCUT2D eigenvalue weighted by Crippen LogP contribution is -2.21. The molecule has 0 aliphatic carbocycles. The molecule has 5 nitrogen and oxygen atoms in total. The Balaban J connectivity index is 2.70. The first kappa shape index (κ1) is 15.6. The normalized spacial score (nSPS) is 14.7. The topological polar surface area (TPSA) is 62.3 Å². The van der Waals surface area contributed by atoms with E-state index in [1.54, 1.807) is 20.4 Å². The molecule has 0 bridgehead atoms. The van der Waals surface area contributed by atoms with Crippen molar-refractivity contribution >= 4 is 15.9 Å². The molecule has 104 valence electrons. The summed E-state index contributed by atoms with van der Waals surface area (Å²) >= 11 is 3.50. The van der Waals surface area contributed by atoms with Crippen LogP contribution in [0.3, 0.4) is 0 Å². The van der Waals surface area contributed by atoms with Crippen LogP contribution in [0.1, 0.15) is 25.1 Å². The summed E-state index contributed by atoms with van der Waals surface area (Å²) in [7, 11) is 3.39. The standard InChI is InChI=1S/C12H22BrN3O2/c1-9(8-18-3)6-11(14)12-10(13)7-15-16(12)4-5-17-2/h7,9,11H,4-6,8,14H2,1-3H3. The van der Waals surface area contributed by atoms with E-state index in [0.29, 0.717) is 19.1 Å². The van der Waals surface area contributed by atoms with Crippen molar-refractivity contribution in [1.29, 1.82) is 0 Å². The van der Waals surface area contributed by atoms with Crippen LogP contribution in [0.5, 0.6) is 0 Å². The lowest BCUT2D eigenvalue weighted by Gasteiger charge is -2.18. The average Bonchev–Trinajstić information content (AvgIpc) is 2.68. The number of aromatic nitrogens is 2. The minimum atomic E-state index is -0.0520. The SMILES string of the molecule is COCCn1ncc(Br)c1C(N)CC(C)COC. The largest absolute Gasteiger partial charge is 0.384 e. The van der Waals surface area contributed by atoms with E-state index in [1.807, 2.05) is 4.68 Å². The maximum Gasteiger partial charge on any atom is 0.0694 e. The van der Waals surface area contributed by atoms with Crippen LogP contribution in [-0.2, 0) is 16.0 Å². The van der Waals surface area contributed by atoms with Crippen molar-refractivity contribution in [2.45, 2.75) is 25.9 Å². The molecule has 0 saturated carbocycles. The highest BCUT2D eigenvalue weighted by Crippen LogP contribution is 2.26. The van der Waals surface area contributed by atoms with Gasteiger partial charge in [-0.2, -0.15) is 5.10 Å². The highest BCUT2D eigenvalue weighted by molar-refractivity contribution is 9.10. The zero-order chi connectivity index (χ0) is 13.5. The van der Waals surface area contributed by atoms with Crippen molar-refractivity contribution in [2.24, 2.45) is 11.7 Å². The fourth-order valence-corrected chi connectivity index (χ4v) is 2.58. The van der Waals surface area contributed by atoms with E-state index in [4.69, 9.17) is 15.2 Å². The number of rotatable bonds is 8. The van der Waals surface area contributed by atoms with E-state index >= 15 is 0 Å². The van der Waals surface area contributed by atoms with Gasteiger partial charge in [-0.05, 0) is 28.3 Å². The molecular weight excluding hydrogens is 298 g/mol. The van der Waals surface area contributed by atoms with Crippen molar-refractivity contribution < 1.29 is 9.47 Å². The van der Waals surface area contributed by atoms with Crippen molar-refractivity contribution in [3.8, 4) is 0 Å². The van der Waals surface area contributed by atoms with Crippen LogP contribution in [0, 0.1) is 5.92 Å². The summed E-state index contributed by atoms with van der Waals surface area (Å²) in [6, 6.07) is -0.0520. The van der Waals surface area contributed by atoms with E-state index in [9.17, 15) is 0 Å². The van der Waals surface area contributed by atoms with Gasteiger partial charge in [0.05, 0.1) is 29.5 Å². The third-order valence-corrected chi connectivity index (χ3v) is 3.41. The Morgan fingerprint density at radius 1 is 1.44 bits per heavy atom. The summed E-state index contributed by atoms with van der Waals surface area (Å²) in [5, 5.41) is 4.31. The molecule has 2 unspecified atom stereocenters. The van der Waals surface area contributed by atoms with Crippen LogP contribution in [0.15, 0.2) is 10.7 Å². The summed E-state index contributed by atoms with van der Waals surface area (Å²) in [5.74, 6) is 0.419. The molecule has 0 amide bonds. The molecule has 0 aliphatic rings. The van der Waals surface area contributed by atoms with Gasteiger partial charge in [-0.3, -0.25) is 4.68 Å². The van der Waals surface area contributed by atoms with Crippen LogP contribution < -0.4 is 5.73 Å². The van der Waals surface area contributed by atoms with Crippen molar-refractivity contribution in [1.82, 2.24) is 9.78 Å². The van der Waals surface area contributed by atoms with E-state index < -0.39 is 0 Å². The number of ether oxygens (including phenoxy) is 2. The highest BCUT2D eigenvalue weighted by atomic mass is 79.9. The average molecular weight is 320 g/mol. The van der Waals surface area contributed by atoms with Gasteiger partial charge in [0.2, 0.25) is 0 Å². The molecule has 6 heteroatoms. The predicted octanol–water partition coefficient (Wildman–Crippen LogP) is 1.96. The second-order valence-electron chi connectivity index (χ2n) is 4.50. The third-order valence-electron chi connectivity index (χ3n) is 2.80. The van der Waals surface area contributed by atoms with E-state index in [2.05, 4.69) is 28.0 Å². The van der Waals surface area contributed by atoms with Gasteiger partial charge in [-0.25, -0.2) is 0 Å². The summed E-state index contributed by atoms with van der Waals surface area (Å²) in [5.41, 5.74) is 7.28. The van der Waals surface area contributed by atoms with E-state index in [0.717, 1.165) is 23.2 Å². The Labute approximate surface area is 117 Å². The molecule has 0 spiro atoms. The molecule has 2 N–H and O–H groups in total. The molecule has 2 atom stereocenters. The number of hydrogen-bond acceptors (Lipinski definition) is 4.